The van der Waals surface area contributed by atoms with Crippen LogP contribution < -0.4 is 16.0 Å². The van der Waals surface area contributed by atoms with Crippen LogP contribution in [-0.2, 0) is 11.3 Å². The molecular formula is C23H20Cl2N4O3. The van der Waals surface area contributed by atoms with Crippen molar-refractivity contribution < 1.29 is 14.4 Å². The Hall–Kier alpha value is -3.42. The Bertz CT molecular complexity index is 1090. The molecule has 0 aliphatic carbocycles. The number of aromatic nitrogens is 1. The SMILES string of the molecule is O=C(CCNC(=O)c1ccc(NC(=O)c2cc(Cl)cc(Cl)c2)cc1)NCc1ccncc1. The maximum Gasteiger partial charge on any atom is 0.255 e. The van der Waals surface area contributed by atoms with Gasteiger partial charge >= 0.3 is 0 Å². The van der Waals surface area contributed by atoms with Crippen molar-refractivity contribution >= 4 is 46.6 Å². The summed E-state index contributed by atoms with van der Waals surface area (Å²) in [5.41, 5.74) is 2.19. The van der Waals surface area contributed by atoms with Crippen molar-refractivity contribution in [2.75, 3.05) is 11.9 Å². The van der Waals surface area contributed by atoms with Gasteiger partial charge in [-0.2, -0.15) is 0 Å². The minimum Gasteiger partial charge on any atom is -0.352 e. The number of benzene rings is 2. The molecule has 0 unspecified atom stereocenters. The Morgan fingerprint density at radius 1 is 0.781 bits per heavy atom. The highest BCUT2D eigenvalue weighted by Crippen LogP contribution is 2.20. The number of hydrogen-bond donors (Lipinski definition) is 3. The third-order valence-electron chi connectivity index (χ3n) is 4.41. The number of halogens is 2. The minimum atomic E-state index is -0.371. The van der Waals surface area contributed by atoms with Gasteiger partial charge in [-0.15, -0.1) is 0 Å². The average Bonchev–Trinajstić information content (AvgIpc) is 2.78. The summed E-state index contributed by atoms with van der Waals surface area (Å²) in [5.74, 6) is -0.850. The summed E-state index contributed by atoms with van der Waals surface area (Å²) in [4.78, 5) is 40.4. The number of rotatable bonds is 8. The van der Waals surface area contributed by atoms with E-state index in [0.29, 0.717) is 33.4 Å². The predicted octanol–water partition coefficient (Wildman–Crippen LogP) is 4.08. The molecule has 0 spiro atoms. The Balaban J connectivity index is 1.44. The number of hydrogen-bond acceptors (Lipinski definition) is 4. The van der Waals surface area contributed by atoms with Crippen LogP contribution in [0.15, 0.2) is 67.0 Å². The second kappa shape index (κ2) is 11.3. The highest BCUT2D eigenvalue weighted by Gasteiger charge is 2.10. The largest absolute Gasteiger partial charge is 0.352 e. The summed E-state index contributed by atoms with van der Waals surface area (Å²) in [7, 11) is 0. The van der Waals surface area contributed by atoms with Gasteiger partial charge in [0.15, 0.2) is 0 Å². The number of pyridine rings is 1. The quantitative estimate of drug-likeness (QED) is 0.461. The van der Waals surface area contributed by atoms with Gasteiger partial charge in [-0.25, -0.2) is 0 Å². The van der Waals surface area contributed by atoms with Crippen LogP contribution in [0.4, 0.5) is 5.69 Å². The lowest BCUT2D eigenvalue weighted by Crippen LogP contribution is -2.30. The van der Waals surface area contributed by atoms with Gasteiger partial charge in [0.2, 0.25) is 5.91 Å². The molecule has 0 aliphatic heterocycles. The maximum absolute atomic E-state index is 12.3. The second-order valence-electron chi connectivity index (χ2n) is 6.83. The van der Waals surface area contributed by atoms with Crippen molar-refractivity contribution in [3.8, 4) is 0 Å². The Morgan fingerprint density at radius 3 is 2.09 bits per heavy atom. The molecule has 3 rings (SSSR count). The molecule has 0 radical (unpaired) electrons. The number of nitrogens with one attached hydrogen (secondary N) is 3. The number of nitrogens with zero attached hydrogens (tertiary/aromatic N) is 1. The molecular weight excluding hydrogens is 451 g/mol. The molecule has 1 heterocycles. The summed E-state index contributed by atoms with van der Waals surface area (Å²) in [6.07, 6.45) is 3.48. The number of carbonyl (C=O) groups excluding carboxylic acids is 3. The first kappa shape index (κ1) is 23.2. The standard InChI is InChI=1S/C23H20Cl2N4O3/c24-18-11-17(12-19(25)13-18)23(32)29-20-3-1-16(2-4-20)22(31)27-10-7-21(30)28-14-15-5-8-26-9-6-15/h1-6,8-9,11-13H,7,10,14H2,(H,27,31)(H,28,30)(H,29,32). The first-order chi connectivity index (χ1) is 15.4. The maximum atomic E-state index is 12.3. The van der Waals surface area contributed by atoms with Gasteiger partial charge in [0.1, 0.15) is 0 Å². The topological polar surface area (TPSA) is 100 Å². The van der Waals surface area contributed by atoms with Crippen molar-refractivity contribution in [2.24, 2.45) is 0 Å². The molecule has 1 aromatic heterocycles. The first-order valence-corrected chi connectivity index (χ1v) is 10.5. The van der Waals surface area contributed by atoms with Crippen LogP contribution in [-0.4, -0.2) is 29.3 Å². The van der Waals surface area contributed by atoms with Gasteiger partial charge in [-0.05, 0) is 60.2 Å². The van der Waals surface area contributed by atoms with Gasteiger partial charge in [0, 0.05) is 58.8 Å². The van der Waals surface area contributed by atoms with Crippen LogP contribution in [0.5, 0.6) is 0 Å². The van der Waals surface area contributed by atoms with Crippen LogP contribution in [0, 0.1) is 0 Å². The van der Waals surface area contributed by atoms with Crippen molar-refractivity contribution in [1.82, 2.24) is 15.6 Å². The van der Waals surface area contributed by atoms with Crippen LogP contribution in [0.25, 0.3) is 0 Å². The highest BCUT2D eigenvalue weighted by atomic mass is 35.5. The van der Waals surface area contributed by atoms with E-state index in [1.54, 1.807) is 36.7 Å². The Kier molecular flexibility index (Phi) is 8.19. The van der Waals surface area contributed by atoms with E-state index in [1.165, 1.54) is 18.2 Å². The Labute approximate surface area is 195 Å². The van der Waals surface area contributed by atoms with Crippen LogP contribution in [0.1, 0.15) is 32.7 Å². The van der Waals surface area contributed by atoms with E-state index in [9.17, 15) is 14.4 Å². The zero-order valence-electron chi connectivity index (χ0n) is 16.9. The normalized spacial score (nSPS) is 10.3. The molecule has 0 bridgehead atoms. The van der Waals surface area contributed by atoms with Crippen LogP contribution >= 0.6 is 23.2 Å². The summed E-state index contributed by atoms with van der Waals surface area (Å²) in [5, 5.41) is 8.93. The van der Waals surface area contributed by atoms with Gasteiger partial charge in [0.05, 0.1) is 0 Å². The molecule has 3 amide bonds. The van der Waals surface area contributed by atoms with Crippen molar-refractivity contribution in [3.05, 3.63) is 93.7 Å². The molecule has 32 heavy (non-hydrogen) atoms. The summed E-state index contributed by atoms with van der Waals surface area (Å²) < 4.78 is 0. The van der Waals surface area contributed by atoms with E-state index in [-0.39, 0.29) is 30.7 Å². The molecule has 9 heteroatoms. The third kappa shape index (κ3) is 7.08. The summed E-state index contributed by atoms with van der Waals surface area (Å²) in [6, 6.07) is 14.6. The molecule has 0 atom stereocenters. The van der Waals surface area contributed by atoms with Crippen molar-refractivity contribution in [2.45, 2.75) is 13.0 Å². The average molecular weight is 471 g/mol. The predicted molar refractivity (Wildman–Crippen MR) is 124 cm³/mol. The van der Waals surface area contributed by atoms with E-state index in [0.717, 1.165) is 5.56 Å². The van der Waals surface area contributed by atoms with E-state index in [2.05, 4.69) is 20.9 Å². The molecule has 164 valence electrons. The van der Waals surface area contributed by atoms with E-state index >= 15 is 0 Å². The zero-order chi connectivity index (χ0) is 22.9. The van der Waals surface area contributed by atoms with Crippen molar-refractivity contribution in [1.29, 1.82) is 0 Å². The lowest BCUT2D eigenvalue weighted by atomic mass is 10.1. The first-order valence-electron chi connectivity index (χ1n) is 9.72. The van der Waals surface area contributed by atoms with Crippen LogP contribution in [0.3, 0.4) is 0 Å². The number of amides is 3. The molecule has 7 nitrogen and oxygen atoms in total. The van der Waals surface area contributed by atoms with Gasteiger partial charge in [-0.3, -0.25) is 19.4 Å². The molecule has 3 aromatic rings. The zero-order valence-corrected chi connectivity index (χ0v) is 18.4. The smallest absolute Gasteiger partial charge is 0.255 e. The molecule has 3 N–H and O–H groups in total. The summed E-state index contributed by atoms with van der Waals surface area (Å²) in [6.45, 7) is 0.610. The lowest BCUT2D eigenvalue weighted by molar-refractivity contribution is -0.121. The van der Waals surface area contributed by atoms with Crippen LogP contribution in [0.2, 0.25) is 10.0 Å². The monoisotopic (exact) mass is 470 g/mol. The van der Waals surface area contributed by atoms with Gasteiger partial charge < -0.3 is 16.0 Å². The molecule has 0 fully saturated rings. The minimum absolute atomic E-state index is 0.160. The second-order valence-corrected chi connectivity index (χ2v) is 7.70. The van der Waals surface area contributed by atoms with E-state index < -0.39 is 0 Å². The van der Waals surface area contributed by atoms with E-state index in [4.69, 9.17) is 23.2 Å². The fraction of sp³-hybridized carbons (Fsp3) is 0.130. The molecule has 2 aromatic carbocycles. The lowest BCUT2D eigenvalue weighted by Gasteiger charge is -2.09. The number of anilines is 1. The fourth-order valence-corrected chi connectivity index (χ4v) is 3.30. The molecule has 0 saturated heterocycles. The molecule has 0 aliphatic rings. The Morgan fingerprint density at radius 2 is 1.44 bits per heavy atom. The summed E-state index contributed by atoms with van der Waals surface area (Å²) >= 11 is 11.8. The fourth-order valence-electron chi connectivity index (χ4n) is 2.77. The van der Waals surface area contributed by atoms with Crippen molar-refractivity contribution in [3.63, 3.8) is 0 Å². The van der Waals surface area contributed by atoms with E-state index in [1.807, 2.05) is 12.1 Å². The van der Waals surface area contributed by atoms with Gasteiger partial charge in [0.25, 0.3) is 11.8 Å². The molecule has 0 saturated carbocycles. The van der Waals surface area contributed by atoms with Gasteiger partial charge in [-0.1, -0.05) is 23.2 Å². The highest BCUT2D eigenvalue weighted by molar-refractivity contribution is 6.35. The third-order valence-corrected chi connectivity index (χ3v) is 4.84. The number of carbonyl (C=O) groups is 3.